The Morgan fingerprint density at radius 2 is 2.07 bits per heavy atom. The Morgan fingerprint density at radius 1 is 1.36 bits per heavy atom. The Kier molecular flexibility index (Phi) is 3.51. The number of benzene rings is 1. The molecule has 0 unspecified atom stereocenters. The standard InChI is InChI=1S/C11H14O3/c1-4-14-10-6-5-9(8(2)12)7-11(10)13-3/h5-7H,4H2,1-3H3. The van der Waals surface area contributed by atoms with Crippen LogP contribution >= 0.6 is 0 Å². The fraction of sp³-hybridized carbons (Fsp3) is 0.364. The highest BCUT2D eigenvalue weighted by atomic mass is 16.5. The van der Waals surface area contributed by atoms with Crippen LogP contribution in [0.1, 0.15) is 24.2 Å². The van der Waals surface area contributed by atoms with Gasteiger partial charge in [0.05, 0.1) is 13.7 Å². The molecule has 0 heterocycles. The topological polar surface area (TPSA) is 35.5 Å². The van der Waals surface area contributed by atoms with Gasteiger partial charge in [-0.2, -0.15) is 0 Å². The number of rotatable bonds is 4. The lowest BCUT2D eigenvalue weighted by atomic mass is 10.1. The van der Waals surface area contributed by atoms with Gasteiger partial charge in [0.2, 0.25) is 0 Å². The Hall–Kier alpha value is -1.51. The van der Waals surface area contributed by atoms with Gasteiger partial charge >= 0.3 is 0 Å². The third-order valence-electron chi connectivity index (χ3n) is 1.87. The van der Waals surface area contributed by atoms with Crippen molar-refractivity contribution >= 4 is 5.78 Å². The van der Waals surface area contributed by atoms with Crippen molar-refractivity contribution in [3.8, 4) is 11.5 Å². The second-order valence-corrected chi connectivity index (χ2v) is 2.85. The highest BCUT2D eigenvalue weighted by molar-refractivity contribution is 5.94. The summed E-state index contributed by atoms with van der Waals surface area (Å²) >= 11 is 0. The van der Waals surface area contributed by atoms with Crippen molar-refractivity contribution in [3.05, 3.63) is 23.8 Å². The fourth-order valence-electron chi connectivity index (χ4n) is 1.16. The molecule has 1 rings (SSSR count). The van der Waals surface area contributed by atoms with Gasteiger partial charge in [0.25, 0.3) is 0 Å². The van der Waals surface area contributed by atoms with Crippen LogP contribution in [-0.4, -0.2) is 19.5 Å². The lowest BCUT2D eigenvalue weighted by Gasteiger charge is -2.09. The first-order valence-corrected chi connectivity index (χ1v) is 4.50. The maximum absolute atomic E-state index is 11.1. The quantitative estimate of drug-likeness (QED) is 0.690. The van der Waals surface area contributed by atoms with E-state index in [9.17, 15) is 4.79 Å². The van der Waals surface area contributed by atoms with Gasteiger partial charge in [0, 0.05) is 5.56 Å². The minimum absolute atomic E-state index is 0.0198. The molecule has 1 aromatic carbocycles. The molecule has 3 nitrogen and oxygen atoms in total. The summed E-state index contributed by atoms with van der Waals surface area (Å²) in [7, 11) is 1.56. The molecule has 0 saturated heterocycles. The average Bonchev–Trinajstić information content (AvgIpc) is 2.18. The predicted octanol–water partition coefficient (Wildman–Crippen LogP) is 2.30. The van der Waals surface area contributed by atoms with E-state index in [0.717, 1.165) is 0 Å². The van der Waals surface area contributed by atoms with Crippen LogP contribution in [0.5, 0.6) is 11.5 Å². The number of hydrogen-bond donors (Lipinski definition) is 0. The molecule has 3 heteroatoms. The Morgan fingerprint density at radius 3 is 2.57 bits per heavy atom. The SMILES string of the molecule is CCOc1ccc(C(C)=O)cc1OC. The van der Waals surface area contributed by atoms with Gasteiger partial charge in [-0.05, 0) is 32.0 Å². The van der Waals surface area contributed by atoms with E-state index in [1.165, 1.54) is 6.92 Å². The first-order valence-electron chi connectivity index (χ1n) is 4.50. The van der Waals surface area contributed by atoms with Crippen molar-refractivity contribution in [2.45, 2.75) is 13.8 Å². The summed E-state index contributed by atoms with van der Waals surface area (Å²) in [5, 5.41) is 0. The first-order chi connectivity index (χ1) is 6.69. The van der Waals surface area contributed by atoms with Crippen LogP contribution in [0.15, 0.2) is 18.2 Å². The summed E-state index contributed by atoms with van der Waals surface area (Å²) in [6, 6.07) is 5.17. The summed E-state index contributed by atoms with van der Waals surface area (Å²) < 4.78 is 10.4. The van der Waals surface area contributed by atoms with Gasteiger partial charge in [0.1, 0.15) is 0 Å². The monoisotopic (exact) mass is 194 g/mol. The van der Waals surface area contributed by atoms with E-state index in [1.807, 2.05) is 6.92 Å². The molecule has 0 aromatic heterocycles. The van der Waals surface area contributed by atoms with Crippen LogP contribution in [-0.2, 0) is 0 Å². The molecule has 0 atom stereocenters. The molecule has 0 fully saturated rings. The van der Waals surface area contributed by atoms with Gasteiger partial charge in [-0.25, -0.2) is 0 Å². The lowest BCUT2D eigenvalue weighted by Crippen LogP contribution is -1.98. The molecule has 0 bridgehead atoms. The molecule has 0 amide bonds. The van der Waals surface area contributed by atoms with E-state index in [4.69, 9.17) is 9.47 Å². The zero-order valence-corrected chi connectivity index (χ0v) is 8.66. The number of methoxy groups -OCH3 is 1. The lowest BCUT2D eigenvalue weighted by molar-refractivity contribution is 0.101. The molecule has 0 aliphatic heterocycles. The van der Waals surface area contributed by atoms with Crippen molar-refractivity contribution in [1.82, 2.24) is 0 Å². The van der Waals surface area contributed by atoms with Crippen molar-refractivity contribution < 1.29 is 14.3 Å². The largest absolute Gasteiger partial charge is 0.493 e. The van der Waals surface area contributed by atoms with Crippen LogP contribution in [0.2, 0.25) is 0 Å². The number of ether oxygens (including phenoxy) is 2. The van der Waals surface area contributed by atoms with E-state index in [0.29, 0.717) is 23.7 Å². The number of Topliss-reactive ketones (excluding diaryl/α,β-unsaturated/α-hetero) is 1. The number of carbonyl (C=O) groups is 1. The number of carbonyl (C=O) groups excluding carboxylic acids is 1. The normalized spacial score (nSPS) is 9.64. The Bertz CT molecular complexity index is 331. The smallest absolute Gasteiger partial charge is 0.161 e. The second-order valence-electron chi connectivity index (χ2n) is 2.85. The van der Waals surface area contributed by atoms with Crippen LogP contribution in [0.3, 0.4) is 0 Å². The summed E-state index contributed by atoms with van der Waals surface area (Å²) in [6.07, 6.45) is 0. The molecule has 0 aliphatic carbocycles. The van der Waals surface area contributed by atoms with Crippen LogP contribution in [0.4, 0.5) is 0 Å². The van der Waals surface area contributed by atoms with E-state index >= 15 is 0 Å². The van der Waals surface area contributed by atoms with Crippen molar-refractivity contribution in [2.24, 2.45) is 0 Å². The molecule has 0 saturated carbocycles. The molecule has 76 valence electrons. The first kappa shape index (κ1) is 10.6. The maximum atomic E-state index is 11.1. The van der Waals surface area contributed by atoms with Gasteiger partial charge in [0.15, 0.2) is 17.3 Å². The van der Waals surface area contributed by atoms with E-state index in [2.05, 4.69) is 0 Å². The Labute approximate surface area is 83.6 Å². The zero-order chi connectivity index (χ0) is 10.6. The molecule has 1 aromatic rings. The third kappa shape index (κ3) is 2.25. The molecule has 14 heavy (non-hydrogen) atoms. The van der Waals surface area contributed by atoms with Gasteiger partial charge in [-0.1, -0.05) is 0 Å². The third-order valence-corrected chi connectivity index (χ3v) is 1.87. The molecular formula is C11H14O3. The number of ketones is 1. The van der Waals surface area contributed by atoms with Gasteiger partial charge < -0.3 is 9.47 Å². The van der Waals surface area contributed by atoms with E-state index in [-0.39, 0.29) is 5.78 Å². The second kappa shape index (κ2) is 4.65. The fourth-order valence-corrected chi connectivity index (χ4v) is 1.16. The summed E-state index contributed by atoms with van der Waals surface area (Å²) in [5.74, 6) is 1.28. The Balaban J connectivity index is 3.04. The average molecular weight is 194 g/mol. The minimum Gasteiger partial charge on any atom is -0.493 e. The molecule has 0 radical (unpaired) electrons. The molecule has 0 aliphatic rings. The van der Waals surface area contributed by atoms with Crippen LogP contribution in [0.25, 0.3) is 0 Å². The minimum atomic E-state index is 0.0198. The predicted molar refractivity (Wildman–Crippen MR) is 54.2 cm³/mol. The molecule has 0 spiro atoms. The highest BCUT2D eigenvalue weighted by Gasteiger charge is 2.07. The number of hydrogen-bond acceptors (Lipinski definition) is 3. The zero-order valence-electron chi connectivity index (χ0n) is 8.66. The van der Waals surface area contributed by atoms with E-state index < -0.39 is 0 Å². The van der Waals surface area contributed by atoms with Crippen molar-refractivity contribution in [1.29, 1.82) is 0 Å². The summed E-state index contributed by atoms with van der Waals surface area (Å²) in [6.45, 7) is 4.00. The summed E-state index contributed by atoms with van der Waals surface area (Å²) in [5.41, 5.74) is 0.630. The highest BCUT2D eigenvalue weighted by Crippen LogP contribution is 2.27. The molecular weight excluding hydrogens is 180 g/mol. The van der Waals surface area contributed by atoms with Gasteiger partial charge in [-0.15, -0.1) is 0 Å². The van der Waals surface area contributed by atoms with Gasteiger partial charge in [-0.3, -0.25) is 4.79 Å². The molecule has 0 N–H and O–H groups in total. The van der Waals surface area contributed by atoms with Crippen LogP contribution in [0, 0.1) is 0 Å². The summed E-state index contributed by atoms with van der Waals surface area (Å²) in [4.78, 5) is 11.1. The maximum Gasteiger partial charge on any atom is 0.161 e. The van der Waals surface area contributed by atoms with Crippen LogP contribution < -0.4 is 9.47 Å². The van der Waals surface area contributed by atoms with Crippen molar-refractivity contribution in [3.63, 3.8) is 0 Å². The van der Waals surface area contributed by atoms with Crippen molar-refractivity contribution in [2.75, 3.05) is 13.7 Å². The van der Waals surface area contributed by atoms with E-state index in [1.54, 1.807) is 25.3 Å².